The third kappa shape index (κ3) is 3.73. The maximum atomic E-state index is 12.4. The number of rotatable bonds is 3. The second-order valence-corrected chi connectivity index (χ2v) is 6.88. The van der Waals surface area contributed by atoms with Crippen molar-refractivity contribution in [3.63, 3.8) is 0 Å². The summed E-state index contributed by atoms with van der Waals surface area (Å²) in [5.74, 6) is 1.07. The number of amides is 1. The Balaban J connectivity index is 1.85. The van der Waals surface area contributed by atoms with E-state index >= 15 is 0 Å². The Labute approximate surface area is 122 Å². The third-order valence-electron chi connectivity index (χ3n) is 5.32. The van der Waals surface area contributed by atoms with Crippen molar-refractivity contribution in [1.29, 1.82) is 0 Å². The van der Waals surface area contributed by atoms with Crippen molar-refractivity contribution in [2.45, 2.75) is 71.1 Å². The molecule has 1 aliphatic carbocycles. The van der Waals surface area contributed by atoms with Crippen molar-refractivity contribution in [2.24, 2.45) is 11.8 Å². The molecule has 5 unspecified atom stereocenters. The van der Waals surface area contributed by atoms with Gasteiger partial charge in [-0.25, -0.2) is 0 Å². The fraction of sp³-hybridized carbons (Fsp3) is 0.938. The van der Waals surface area contributed by atoms with Crippen LogP contribution in [0.2, 0.25) is 0 Å². The molecule has 2 aliphatic rings. The SMILES string of the molecule is CC1CCN(C(C)C(=O)NC2CCCCC2C)CC1O. The van der Waals surface area contributed by atoms with Crippen LogP contribution in [0.3, 0.4) is 0 Å². The van der Waals surface area contributed by atoms with Crippen LogP contribution in [0.1, 0.15) is 52.9 Å². The van der Waals surface area contributed by atoms with Crippen molar-refractivity contribution in [2.75, 3.05) is 13.1 Å². The summed E-state index contributed by atoms with van der Waals surface area (Å²) in [6.07, 6.45) is 5.52. The van der Waals surface area contributed by atoms with Gasteiger partial charge in [0.25, 0.3) is 0 Å². The molecule has 2 fully saturated rings. The molecule has 2 N–H and O–H groups in total. The molecule has 1 saturated heterocycles. The highest BCUT2D eigenvalue weighted by Crippen LogP contribution is 2.24. The van der Waals surface area contributed by atoms with Gasteiger partial charge in [-0.2, -0.15) is 0 Å². The number of carbonyl (C=O) groups excluding carboxylic acids is 1. The third-order valence-corrected chi connectivity index (χ3v) is 5.32. The van der Waals surface area contributed by atoms with Crippen molar-refractivity contribution < 1.29 is 9.90 Å². The Bertz CT molecular complexity index is 334. The minimum atomic E-state index is -0.299. The molecule has 4 nitrogen and oxygen atoms in total. The monoisotopic (exact) mass is 282 g/mol. The smallest absolute Gasteiger partial charge is 0.237 e. The highest BCUT2D eigenvalue weighted by atomic mass is 16.3. The van der Waals surface area contributed by atoms with E-state index in [-0.39, 0.29) is 18.1 Å². The topological polar surface area (TPSA) is 52.6 Å². The number of carbonyl (C=O) groups is 1. The van der Waals surface area contributed by atoms with E-state index in [4.69, 9.17) is 0 Å². The van der Waals surface area contributed by atoms with Gasteiger partial charge in [-0.1, -0.05) is 26.7 Å². The number of nitrogens with one attached hydrogen (secondary N) is 1. The quantitative estimate of drug-likeness (QED) is 0.829. The molecule has 4 heteroatoms. The van der Waals surface area contributed by atoms with Crippen LogP contribution in [-0.4, -0.2) is 47.2 Å². The van der Waals surface area contributed by atoms with E-state index in [1.807, 2.05) is 6.92 Å². The number of piperidine rings is 1. The summed E-state index contributed by atoms with van der Waals surface area (Å²) in [6, 6.07) is 0.207. The van der Waals surface area contributed by atoms with Crippen molar-refractivity contribution >= 4 is 5.91 Å². The zero-order chi connectivity index (χ0) is 14.7. The van der Waals surface area contributed by atoms with E-state index < -0.39 is 0 Å². The Morgan fingerprint density at radius 3 is 2.55 bits per heavy atom. The average molecular weight is 282 g/mol. The normalized spacial score (nSPS) is 37.4. The van der Waals surface area contributed by atoms with Crippen molar-refractivity contribution in [3.05, 3.63) is 0 Å². The number of likely N-dealkylation sites (tertiary alicyclic amines) is 1. The van der Waals surface area contributed by atoms with E-state index in [2.05, 4.69) is 24.1 Å². The number of hydrogen-bond donors (Lipinski definition) is 2. The highest BCUT2D eigenvalue weighted by molar-refractivity contribution is 5.81. The second-order valence-electron chi connectivity index (χ2n) is 6.88. The Kier molecular flexibility index (Phi) is 5.44. The molecule has 2 rings (SSSR count). The van der Waals surface area contributed by atoms with E-state index in [1.54, 1.807) is 0 Å². The Morgan fingerprint density at radius 1 is 1.20 bits per heavy atom. The largest absolute Gasteiger partial charge is 0.392 e. The van der Waals surface area contributed by atoms with Gasteiger partial charge >= 0.3 is 0 Å². The van der Waals surface area contributed by atoms with E-state index in [9.17, 15) is 9.90 Å². The predicted octanol–water partition coefficient (Wildman–Crippen LogP) is 1.77. The number of aliphatic hydroxyl groups excluding tert-OH is 1. The van der Waals surface area contributed by atoms with Gasteiger partial charge in [0.1, 0.15) is 0 Å². The molecule has 0 radical (unpaired) electrons. The maximum Gasteiger partial charge on any atom is 0.237 e. The summed E-state index contributed by atoms with van der Waals surface area (Å²) >= 11 is 0. The van der Waals surface area contributed by atoms with Gasteiger partial charge in [-0.15, -0.1) is 0 Å². The first-order valence-corrected chi connectivity index (χ1v) is 8.21. The van der Waals surface area contributed by atoms with Gasteiger partial charge in [-0.3, -0.25) is 9.69 Å². The zero-order valence-corrected chi connectivity index (χ0v) is 13.1. The van der Waals surface area contributed by atoms with Gasteiger partial charge in [-0.05, 0) is 44.6 Å². The fourth-order valence-corrected chi connectivity index (χ4v) is 3.42. The van der Waals surface area contributed by atoms with Gasteiger partial charge in [0.15, 0.2) is 0 Å². The second kappa shape index (κ2) is 6.90. The molecule has 0 spiro atoms. The molecule has 20 heavy (non-hydrogen) atoms. The summed E-state index contributed by atoms with van der Waals surface area (Å²) in [5.41, 5.74) is 0. The first-order valence-electron chi connectivity index (χ1n) is 8.21. The van der Waals surface area contributed by atoms with Crippen LogP contribution in [0, 0.1) is 11.8 Å². The molecule has 0 aromatic carbocycles. The molecule has 0 bridgehead atoms. The van der Waals surface area contributed by atoms with Crippen molar-refractivity contribution in [1.82, 2.24) is 10.2 Å². The molecule has 5 atom stereocenters. The van der Waals surface area contributed by atoms with E-state index in [0.717, 1.165) is 19.4 Å². The molecule has 1 amide bonds. The maximum absolute atomic E-state index is 12.4. The van der Waals surface area contributed by atoms with Crippen molar-refractivity contribution in [3.8, 4) is 0 Å². The van der Waals surface area contributed by atoms with Crippen LogP contribution >= 0.6 is 0 Å². The number of hydrogen-bond acceptors (Lipinski definition) is 3. The van der Waals surface area contributed by atoms with Crippen LogP contribution in [0.4, 0.5) is 0 Å². The molecule has 0 aromatic heterocycles. The molecular weight excluding hydrogens is 252 g/mol. The molecule has 0 aromatic rings. The van der Waals surface area contributed by atoms with Gasteiger partial charge in [0.05, 0.1) is 12.1 Å². The van der Waals surface area contributed by atoms with E-state index in [1.165, 1.54) is 19.3 Å². The lowest BCUT2D eigenvalue weighted by Gasteiger charge is -2.38. The first kappa shape index (κ1) is 15.8. The Morgan fingerprint density at radius 2 is 1.90 bits per heavy atom. The highest BCUT2D eigenvalue weighted by Gasteiger charge is 2.31. The Hall–Kier alpha value is -0.610. The van der Waals surface area contributed by atoms with Crippen LogP contribution in [-0.2, 0) is 4.79 Å². The molecule has 1 saturated carbocycles. The fourth-order valence-electron chi connectivity index (χ4n) is 3.42. The van der Waals surface area contributed by atoms with Gasteiger partial charge < -0.3 is 10.4 Å². The van der Waals surface area contributed by atoms with Gasteiger partial charge in [0, 0.05) is 12.6 Å². The predicted molar refractivity (Wildman–Crippen MR) is 80.4 cm³/mol. The zero-order valence-electron chi connectivity index (χ0n) is 13.1. The van der Waals surface area contributed by atoms with Gasteiger partial charge in [0.2, 0.25) is 5.91 Å². The van der Waals surface area contributed by atoms with Crippen LogP contribution in [0.25, 0.3) is 0 Å². The number of aliphatic hydroxyl groups is 1. The lowest BCUT2D eigenvalue weighted by Crippen LogP contribution is -2.54. The number of β-amino-alcohol motifs (C(OH)–C–C–N with tert-alkyl or cyclic N) is 1. The molecular formula is C16H30N2O2. The molecule has 116 valence electrons. The standard InChI is InChI=1S/C16H30N2O2/c1-11-6-4-5-7-14(11)17-16(20)13(3)18-9-8-12(2)15(19)10-18/h11-15,19H,4-10H2,1-3H3,(H,17,20). The molecule has 1 aliphatic heterocycles. The molecule has 1 heterocycles. The minimum absolute atomic E-state index is 0.130. The van der Waals surface area contributed by atoms with E-state index in [0.29, 0.717) is 24.4 Å². The lowest BCUT2D eigenvalue weighted by molar-refractivity contribution is -0.128. The summed E-state index contributed by atoms with van der Waals surface area (Å²) < 4.78 is 0. The first-order chi connectivity index (χ1) is 9.49. The summed E-state index contributed by atoms with van der Waals surface area (Å²) in [6.45, 7) is 7.81. The summed E-state index contributed by atoms with van der Waals surface area (Å²) in [5, 5.41) is 13.2. The number of nitrogens with zero attached hydrogens (tertiary/aromatic N) is 1. The minimum Gasteiger partial charge on any atom is -0.392 e. The average Bonchev–Trinajstić information content (AvgIpc) is 2.43. The summed E-state index contributed by atoms with van der Waals surface area (Å²) in [7, 11) is 0. The van der Waals surface area contributed by atoms with Crippen LogP contribution in [0.5, 0.6) is 0 Å². The lowest BCUT2D eigenvalue weighted by atomic mass is 9.86. The summed E-state index contributed by atoms with van der Waals surface area (Å²) in [4.78, 5) is 14.5. The van der Waals surface area contributed by atoms with Crippen LogP contribution < -0.4 is 5.32 Å². The van der Waals surface area contributed by atoms with Crippen LogP contribution in [0.15, 0.2) is 0 Å².